The third-order valence-corrected chi connectivity index (χ3v) is 8.24. The minimum Gasteiger partial charge on any atom is -0.493 e. The van der Waals surface area contributed by atoms with Gasteiger partial charge in [0.05, 0.1) is 18.7 Å². The van der Waals surface area contributed by atoms with Gasteiger partial charge >= 0.3 is 5.97 Å². The Bertz CT molecular complexity index is 1230. The van der Waals surface area contributed by atoms with Crippen LogP contribution in [0.4, 0.5) is 0 Å². The monoisotopic (exact) mass is 487 g/mol. The predicted molar refractivity (Wildman–Crippen MR) is 138 cm³/mol. The molecule has 5 rings (SSSR count). The zero-order chi connectivity index (χ0) is 23.3. The van der Waals surface area contributed by atoms with Crippen LogP contribution in [0.25, 0.3) is 11.3 Å². The number of carbonyl (C=O) groups is 1. The molecule has 34 heavy (non-hydrogen) atoms. The molecule has 0 radical (unpaired) electrons. The lowest BCUT2D eigenvalue weighted by Crippen LogP contribution is -2.06. The molecule has 4 aromatic rings. The molecule has 0 unspecified atom stereocenters. The van der Waals surface area contributed by atoms with E-state index >= 15 is 0 Å². The van der Waals surface area contributed by atoms with E-state index in [1.165, 1.54) is 16.0 Å². The molecule has 0 fully saturated rings. The highest BCUT2D eigenvalue weighted by molar-refractivity contribution is 8.01. The summed E-state index contributed by atoms with van der Waals surface area (Å²) in [4.78, 5) is 17.0. The molecule has 0 bridgehead atoms. The first-order valence-electron chi connectivity index (χ1n) is 11.4. The topological polar surface area (TPSA) is 59.4 Å². The van der Waals surface area contributed by atoms with Gasteiger partial charge in [-0.15, -0.1) is 11.3 Å². The molecule has 4 nitrogen and oxygen atoms in total. The maximum absolute atomic E-state index is 10.8. The number of benzene rings is 3. The molecule has 1 aromatic heterocycles. The summed E-state index contributed by atoms with van der Waals surface area (Å²) in [6.07, 6.45) is 1.83. The van der Waals surface area contributed by atoms with Crippen LogP contribution in [0.15, 0.2) is 83.2 Å². The van der Waals surface area contributed by atoms with Gasteiger partial charge in [0.1, 0.15) is 5.75 Å². The minimum atomic E-state index is -0.850. The van der Waals surface area contributed by atoms with Gasteiger partial charge in [0.15, 0.2) is 4.34 Å². The van der Waals surface area contributed by atoms with Gasteiger partial charge in [-0.2, -0.15) is 0 Å². The van der Waals surface area contributed by atoms with Crippen molar-refractivity contribution in [3.8, 4) is 17.0 Å². The molecule has 0 aliphatic heterocycles. The Morgan fingerprint density at radius 3 is 2.38 bits per heavy atom. The summed E-state index contributed by atoms with van der Waals surface area (Å²) >= 11 is 3.59. The first kappa shape index (κ1) is 22.7. The van der Waals surface area contributed by atoms with Crippen LogP contribution in [0.5, 0.6) is 5.75 Å². The van der Waals surface area contributed by atoms with Crippen LogP contribution in [0.2, 0.25) is 0 Å². The number of thiazole rings is 1. The number of aromatic nitrogens is 1. The van der Waals surface area contributed by atoms with E-state index in [4.69, 9.17) is 14.8 Å². The van der Waals surface area contributed by atoms with Crippen molar-refractivity contribution >= 4 is 29.1 Å². The average Bonchev–Trinajstić information content (AvgIpc) is 3.41. The molecular formula is C28H25NO3S2. The Morgan fingerprint density at radius 1 is 1.00 bits per heavy atom. The number of rotatable bonds is 10. The maximum atomic E-state index is 10.8. The van der Waals surface area contributed by atoms with E-state index in [1.54, 1.807) is 11.3 Å². The Kier molecular flexibility index (Phi) is 6.97. The Hall–Kier alpha value is -3.09. The summed E-state index contributed by atoms with van der Waals surface area (Å²) in [5, 5.41) is 8.87. The lowest BCUT2D eigenvalue weighted by atomic mass is 9.89. The van der Waals surface area contributed by atoms with Crippen molar-refractivity contribution < 1.29 is 14.6 Å². The number of thioether (sulfide) groups is 1. The quantitative estimate of drug-likeness (QED) is 0.218. The van der Waals surface area contributed by atoms with Crippen LogP contribution in [0, 0.1) is 0 Å². The highest BCUT2D eigenvalue weighted by Gasteiger charge is 2.26. The van der Waals surface area contributed by atoms with Crippen molar-refractivity contribution in [2.45, 2.75) is 29.5 Å². The summed E-state index contributed by atoms with van der Waals surface area (Å²) in [6, 6.07) is 27.4. The van der Waals surface area contributed by atoms with Crippen LogP contribution in [0.1, 0.15) is 40.3 Å². The van der Waals surface area contributed by atoms with Crippen molar-refractivity contribution in [2.75, 3.05) is 12.4 Å². The molecule has 0 spiro atoms. The molecule has 1 heterocycles. The molecule has 0 saturated heterocycles. The second kappa shape index (κ2) is 10.5. The number of ether oxygens (including phenoxy) is 1. The van der Waals surface area contributed by atoms with Gasteiger partial charge in [-0.3, -0.25) is 4.79 Å². The second-order valence-electron chi connectivity index (χ2n) is 8.21. The highest BCUT2D eigenvalue weighted by atomic mass is 32.2. The number of fused-ring (bicyclic) bond motifs is 3. The minimum absolute atomic E-state index is 0.00252. The third-order valence-electron chi connectivity index (χ3n) is 6.01. The van der Waals surface area contributed by atoms with E-state index in [0.29, 0.717) is 5.92 Å². The van der Waals surface area contributed by atoms with Crippen molar-refractivity contribution in [1.29, 1.82) is 0 Å². The van der Waals surface area contributed by atoms with Gasteiger partial charge in [-0.05, 0) is 23.6 Å². The standard InChI is InChI=1S/C28H25NO3S2/c30-26(31)14-16-32-24-13-7-12-22-23(24)18-25-27(22)29-28(34-25)33-17-15-21(19-8-3-1-4-9-19)20-10-5-2-6-11-20/h1-13,21H,14-18H2,(H,30,31). The fourth-order valence-corrected chi connectivity index (χ4v) is 6.68. The largest absolute Gasteiger partial charge is 0.493 e. The van der Waals surface area contributed by atoms with Crippen molar-refractivity contribution in [1.82, 2.24) is 4.98 Å². The molecule has 1 N–H and O–H groups in total. The van der Waals surface area contributed by atoms with E-state index in [-0.39, 0.29) is 13.0 Å². The molecule has 3 aromatic carbocycles. The molecule has 6 heteroatoms. The lowest BCUT2D eigenvalue weighted by molar-refractivity contribution is -0.137. The summed E-state index contributed by atoms with van der Waals surface area (Å²) < 4.78 is 6.86. The zero-order valence-corrected chi connectivity index (χ0v) is 20.3. The normalized spacial score (nSPS) is 11.9. The highest BCUT2D eigenvalue weighted by Crippen LogP contribution is 2.45. The Labute approximate surface area is 207 Å². The zero-order valence-electron chi connectivity index (χ0n) is 18.6. The van der Waals surface area contributed by atoms with E-state index in [2.05, 4.69) is 66.7 Å². The van der Waals surface area contributed by atoms with Crippen LogP contribution in [-0.2, 0) is 11.2 Å². The van der Waals surface area contributed by atoms with Gasteiger partial charge in [-0.1, -0.05) is 84.6 Å². The first-order chi connectivity index (χ1) is 16.7. The van der Waals surface area contributed by atoms with Crippen molar-refractivity contribution in [3.05, 3.63) is 100 Å². The van der Waals surface area contributed by atoms with Crippen molar-refractivity contribution in [2.24, 2.45) is 0 Å². The number of carboxylic acids is 1. The second-order valence-corrected chi connectivity index (χ2v) is 10.6. The van der Waals surface area contributed by atoms with Gasteiger partial charge in [0.2, 0.25) is 0 Å². The maximum Gasteiger partial charge on any atom is 0.306 e. The van der Waals surface area contributed by atoms with Crippen LogP contribution in [0.3, 0.4) is 0 Å². The lowest BCUT2D eigenvalue weighted by Gasteiger charge is -2.17. The Balaban J connectivity index is 1.26. The molecule has 172 valence electrons. The summed E-state index contributed by atoms with van der Waals surface area (Å²) in [5.41, 5.74) is 5.97. The molecule has 0 amide bonds. The molecule has 0 atom stereocenters. The van der Waals surface area contributed by atoms with E-state index in [9.17, 15) is 4.79 Å². The predicted octanol–water partition coefficient (Wildman–Crippen LogP) is 6.88. The summed E-state index contributed by atoms with van der Waals surface area (Å²) in [5.74, 6) is 1.28. The summed E-state index contributed by atoms with van der Waals surface area (Å²) in [6.45, 7) is 0.179. The van der Waals surface area contributed by atoms with Gasteiger partial charge in [0.25, 0.3) is 0 Å². The average molecular weight is 488 g/mol. The Morgan fingerprint density at radius 2 is 1.71 bits per heavy atom. The van der Waals surface area contributed by atoms with Gasteiger partial charge in [0, 0.05) is 34.1 Å². The van der Waals surface area contributed by atoms with E-state index in [1.807, 2.05) is 23.9 Å². The number of carboxylic acid groups (broad SMARTS) is 1. The molecule has 0 saturated carbocycles. The first-order valence-corrected chi connectivity index (χ1v) is 13.2. The van der Waals surface area contributed by atoms with E-state index < -0.39 is 5.97 Å². The number of aliphatic carboxylic acids is 1. The van der Waals surface area contributed by atoms with Crippen molar-refractivity contribution in [3.63, 3.8) is 0 Å². The smallest absolute Gasteiger partial charge is 0.306 e. The number of hydrogen-bond acceptors (Lipinski definition) is 5. The number of nitrogens with zero attached hydrogens (tertiary/aromatic N) is 1. The van der Waals surface area contributed by atoms with Crippen LogP contribution < -0.4 is 4.74 Å². The summed E-state index contributed by atoms with van der Waals surface area (Å²) in [7, 11) is 0. The van der Waals surface area contributed by atoms with Gasteiger partial charge in [-0.25, -0.2) is 4.98 Å². The fourth-order valence-electron chi connectivity index (χ4n) is 4.40. The van der Waals surface area contributed by atoms with Gasteiger partial charge < -0.3 is 9.84 Å². The molecular weight excluding hydrogens is 462 g/mol. The fraction of sp³-hybridized carbons (Fsp3) is 0.214. The molecule has 1 aliphatic carbocycles. The SMILES string of the molecule is O=C(O)CCOc1cccc2c1Cc1sc(SCCC(c3ccccc3)c3ccccc3)nc1-2. The third kappa shape index (κ3) is 5.03. The molecule has 1 aliphatic rings. The van der Waals surface area contributed by atoms with Crippen LogP contribution in [-0.4, -0.2) is 28.4 Å². The number of hydrogen-bond donors (Lipinski definition) is 1. The van der Waals surface area contributed by atoms with E-state index in [0.717, 1.165) is 45.5 Å². The van der Waals surface area contributed by atoms with Crippen LogP contribution >= 0.6 is 23.1 Å².